The Kier molecular flexibility index (Phi) is 4.91. The van der Waals surface area contributed by atoms with Crippen LogP contribution < -0.4 is 0 Å². The van der Waals surface area contributed by atoms with Crippen LogP contribution in [0.1, 0.15) is 33.6 Å². The molecular formula is C13H21NO5. The Hall–Kier alpha value is -1.59. The van der Waals surface area contributed by atoms with Gasteiger partial charge < -0.3 is 14.4 Å². The Labute approximate surface area is 113 Å². The summed E-state index contributed by atoms with van der Waals surface area (Å²) in [7, 11) is 1.25. The second-order valence-corrected chi connectivity index (χ2v) is 5.63. The van der Waals surface area contributed by atoms with Crippen LogP contribution in [0.2, 0.25) is 0 Å². The van der Waals surface area contributed by atoms with Crippen molar-refractivity contribution in [1.29, 1.82) is 0 Å². The summed E-state index contributed by atoms with van der Waals surface area (Å²) in [5.74, 6) is -1.02. The van der Waals surface area contributed by atoms with Gasteiger partial charge in [0.25, 0.3) is 0 Å². The molecule has 0 aromatic carbocycles. The van der Waals surface area contributed by atoms with E-state index < -0.39 is 17.7 Å². The average Bonchev–Trinajstić information content (AvgIpc) is 2.75. The Morgan fingerprint density at radius 1 is 1.26 bits per heavy atom. The number of amides is 1. The Morgan fingerprint density at radius 2 is 1.89 bits per heavy atom. The molecule has 1 aliphatic rings. The molecule has 0 unspecified atom stereocenters. The predicted molar refractivity (Wildman–Crippen MR) is 67.6 cm³/mol. The minimum Gasteiger partial charge on any atom is -0.469 e. The fourth-order valence-electron chi connectivity index (χ4n) is 1.87. The topological polar surface area (TPSA) is 72.9 Å². The van der Waals surface area contributed by atoms with Crippen molar-refractivity contribution in [3.8, 4) is 0 Å². The minimum absolute atomic E-state index is 0.182. The maximum atomic E-state index is 11.8. The Balaban J connectivity index is 2.47. The molecule has 1 saturated heterocycles. The largest absolute Gasteiger partial charge is 0.469 e. The smallest absolute Gasteiger partial charge is 0.410 e. The van der Waals surface area contributed by atoms with E-state index in [-0.39, 0.29) is 18.1 Å². The Morgan fingerprint density at radius 3 is 2.42 bits per heavy atom. The van der Waals surface area contributed by atoms with E-state index >= 15 is 0 Å². The maximum Gasteiger partial charge on any atom is 0.410 e. The van der Waals surface area contributed by atoms with E-state index in [1.807, 2.05) is 0 Å². The van der Waals surface area contributed by atoms with E-state index in [4.69, 9.17) is 4.74 Å². The molecular weight excluding hydrogens is 250 g/mol. The second kappa shape index (κ2) is 6.04. The van der Waals surface area contributed by atoms with Crippen LogP contribution in [0.4, 0.5) is 4.79 Å². The van der Waals surface area contributed by atoms with Crippen molar-refractivity contribution in [1.82, 2.24) is 4.90 Å². The quantitative estimate of drug-likeness (QED) is 0.572. The molecule has 1 rings (SSSR count). The van der Waals surface area contributed by atoms with Gasteiger partial charge in [0.2, 0.25) is 0 Å². The molecule has 0 N–H and O–H groups in total. The van der Waals surface area contributed by atoms with E-state index in [9.17, 15) is 14.4 Å². The number of rotatable bonds is 3. The third-order valence-corrected chi connectivity index (χ3v) is 2.84. The summed E-state index contributed by atoms with van der Waals surface area (Å²) in [4.78, 5) is 36.1. The minimum atomic E-state index is -0.550. The summed E-state index contributed by atoms with van der Waals surface area (Å²) in [5.41, 5.74) is -0.550. The van der Waals surface area contributed by atoms with Gasteiger partial charge in [-0.15, -0.1) is 0 Å². The van der Waals surface area contributed by atoms with E-state index in [1.165, 1.54) is 12.0 Å². The van der Waals surface area contributed by atoms with Crippen LogP contribution in [0.5, 0.6) is 0 Å². The van der Waals surface area contributed by atoms with Gasteiger partial charge in [-0.2, -0.15) is 0 Å². The van der Waals surface area contributed by atoms with Crippen LogP contribution in [0.25, 0.3) is 0 Å². The molecule has 0 aliphatic carbocycles. The Bertz CT molecular complexity index is 372. The highest BCUT2D eigenvalue weighted by Crippen LogP contribution is 2.21. The second-order valence-electron chi connectivity index (χ2n) is 5.63. The molecule has 19 heavy (non-hydrogen) atoms. The predicted octanol–water partition coefficient (Wildman–Crippen LogP) is 1.38. The van der Waals surface area contributed by atoms with E-state index in [2.05, 4.69) is 4.74 Å². The summed E-state index contributed by atoms with van der Waals surface area (Å²) in [6, 6.07) is 0. The standard InChI is InChI=1S/C13H21NO5/c1-13(2,3)19-12(17)14-6-5-9(8-14)10(15)7-11(16)18-4/h9H,5-8H2,1-4H3/t9-/m1/s1. The molecule has 6 heteroatoms. The average molecular weight is 271 g/mol. The van der Waals surface area contributed by atoms with Crippen LogP contribution in [-0.4, -0.2) is 48.5 Å². The van der Waals surface area contributed by atoms with Crippen LogP contribution in [0.3, 0.4) is 0 Å². The van der Waals surface area contributed by atoms with Crippen LogP contribution >= 0.6 is 0 Å². The first-order valence-corrected chi connectivity index (χ1v) is 6.30. The number of esters is 1. The number of carbonyl (C=O) groups excluding carboxylic acids is 3. The van der Waals surface area contributed by atoms with Gasteiger partial charge in [-0.3, -0.25) is 9.59 Å². The molecule has 1 fully saturated rings. The molecule has 108 valence electrons. The van der Waals surface area contributed by atoms with Gasteiger partial charge in [0.05, 0.1) is 7.11 Å². The van der Waals surface area contributed by atoms with Crippen molar-refractivity contribution in [2.24, 2.45) is 5.92 Å². The van der Waals surface area contributed by atoms with Crippen molar-refractivity contribution in [3.05, 3.63) is 0 Å². The highest BCUT2D eigenvalue weighted by molar-refractivity contribution is 5.97. The van der Waals surface area contributed by atoms with Crippen molar-refractivity contribution < 1.29 is 23.9 Å². The zero-order valence-corrected chi connectivity index (χ0v) is 11.9. The number of methoxy groups -OCH3 is 1. The molecule has 1 heterocycles. The number of nitrogens with zero attached hydrogens (tertiary/aromatic N) is 1. The zero-order chi connectivity index (χ0) is 14.6. The number of Topliss-reactive ketones (excluding diaryl/α,β-unsaturated/α-hetero) is 1. The molecule has 0 aromatic heterocycles. The molecule has 0 aromatic rings. The first-order valence-electron chi connectivity index (χ1n) is 6.30. The van der Waals surface area contributed by atoms with E-state index in [0.29, 0.717) is 19.5 Å². The molecule has 1 amide bonds. The molecule has 0 radical (unpaired) electrons. The van der Waals surface area contributed by atoms with E-state index in [1.54, 1.807) is 20.8 Å². The fraction of sp³-hybridized carbons (Fsp3) is 0.769. The van der Waals surface area contributed by atoms with Crippen LogP contribution in [0, 0.1) is 5.92 Å². The molecule has 0 bridgehead atoms. The third kappa shape index (κ3) is 4.89. The number of ketones is 1. The van der Waals surface area contributed by atoms with Gasteiger partial charge in [-0.25, -0.2) is 4.79 Å². The van der Waals surface area contributed by atoms with Crippen LogP contribution in [-0.2, 0) is 19.1 Å². The van der Waals surface area contributed by atoms with Crippen molar-refractivity contribution in [2.45, 2.75) is 39.2 Å². The lowest BCUT2D eigenvalue weighted by molar-refractivity contribution is -0.144. The number of hydrogen-bond donors (Lipinski definition) is 0. The van der Waals surface area contributed by atoms with Crippen molar-refractivity contribution >= 4 is 17.8 Å². The summed E-state index contributed by atoms with van der Waals surface area (Å²) >= 11 is 0. The number of likely N-dealkylation sites (tertiary alicyclic amines) is 1. The highest BCUT2D eigenvalue weighted by atomic mass is 16.6. The number of hydrogen-bond acceptors (Lipinski definition) is 5. The van der Waals surface area contributed by atoms with Gasteiger partial charge in [-0.05, 0) is 27.2 Å². The first-order chi connectivity index (χ1) is 8.73. The highest BCUT2D eigenvalue weighted by Gasteiger charge is 2.33. The summed E-state index contributed by atoms with van der Waals surface area (Å²) < 4.78 is 9.69. The van der Waals surface area contributed by atoms with Crippen molar-refractivity contribution in [2.75, 3.05) is 20.2 Å². The lowest BCUT2D eigenvalue weighted by atomic mass is 10.0. The number of ether oxygens (including phenoxy) is 2. The zero-order valence-electron chi connectivity index (χ0n) is 11.9. The maximum absolute atomic E-state index is 11.8. The number of carbonyl (C=O) groups is 3. The first kappa shape index (κ1) is 15.5. The third-order valence-electron chi connectivity index (χ3n) is 2.84. The van der Waals surface area contributed by atoms with Crippen molar-refractivity contribution in [3.63, 3.8) is 0 Å². The van der Waals surface area contributed by atoms with E-state index in [0.717, 1.165) is 0 Å². The SMILES string of the molecule is COC(=O)CC(=O)[C@@H]1CCN(C(=O)OC(C)(C)C)C1. The summed E-state index contributed by atoms with van der Waals surface area (Å²) in [5, 5.41) is 0. The molecule has 0 spiro atoms. The molecule has 0 saturated carbocycles. The summed E-state index contributed by atoms with van der Waals surface area (Å²) in [6.07, 6.45) is -0.0841. The van der Waals surface area contributed by atoms with Gasteiger partial charge in [-0.1, -0.05) is 0 Å². The lowest BCUT2D eigenvalue weighted by Gasteiger charge is -2.24. The van der Waals surface area contributed by atoms with Gasteiger partial charge >= 0.3 is 12.1 Å². The lowest BCUT2D eigenvalue weighted by Crippen LogP contribution is -2.36. The van der Waals surface area contributed by atoms with Gasteiger partial charge in [0, 0.05) is 19.0 Å². The monoisotopic (exact) mass is 271 g/mol. The molecule has 1 atom stereocenters. The van der Waals surface area contributed by atoms with Gasteiger partial charge in [0.15, 0.2) is 0 Å². The normalized spacial score (nSPS) is 19.2. The fourth-order valence-corrected chi connectivity index (χ4v) is 1.87. The van der Waals surface area contributed by atoms with Crippen LogP contribution in [0.15, 0.2) is 0 Å². The summed E-state index contributed by atoms with van der Waals surface area (Å²) in [6.45, 7) is 6.17. The molecule has 1 aliphatic heterocycles. The van der Waals surface area contributed by atoms with Gasteiger partial charge in [0.1, 0.15) is 17.8 Å². The molecule has 6 nitrogen and oxygen atoms in total.